The highest BCUT2D eigenvalue weighted by Gasteiger charge is 2.13. The second-order valence-electron chi connectivity index (χ2n) is 5.89. The largest absolute Gasteiger partial charge is 0.618 e. The first kappa shape index (κ1) is 18.4. The monoisotopic (exact) mass is 385 g/mol. The van der Waals surface area contributed by atoms with Crippen molar-refractivity contribution in [2.45, 2.75) is 25.3 Å². The van der Waals surface area contributed by atoms with Gasteiger partial charge in [-0.05, 0) is 37.2 Å². The molecule has 0 atom stereocenters. The van der Waals surface area contributed by atoms with Gasteiger partial charge in [0.05, 0.1) is 11.4 Å². The predicted molar refractivity (Wildman–Crippen MR) is 106 cm³/mol. The topological polar surface area (TPSA) is 68.9 Å². The summed E-state index contributed by atoms with van der Waals surface area (Å²) in [6.45, 7) is 4.02. The van der Waals surface area contributed by atoms with Gasteiger partial charge in [0, 0.05) is 23.4 Å². The number of nitrogens with zero attached hydrogens (tertiary/aromatic N) is 2. The van der Waals surface area contributed by atoms with Crippen molar-refractivity contribution < 1.29 is 9.52 Å². The van der Waals surface area contributed by atoms with E-state index in [2.05, 4.69) is 41.5 Å². The van der Waals surface area contributed by atoms with Crippen molar-refractivity contribution in [3.63, 3.8) is 0 Å². The van der Waals surface area contributed by atoms with Crippen molar-refractivity contribution in [2.75, 3.05) is 11.1 Å². The molecule has 2 aromatic heterocycles. The maximum Gasteiger partial charge on any atom is 0.251 e. The normalized spacial score (nSPS) is 10.7. The third-order valence-electron chi connectivity index (χ3n) is 3.76. The van der Waals surface area contributed by atoms with Gasteiger partial charge in [0.25, 0.3) is 5.03 Å². The highest BCUT2D eigenvalue weighted by molar-refractivity contribution is 7.99. The van der Waals surface area contributed by atoms with Crippen molar-refractivity contribution in [1.82, 2.24) is 4.98 Å². The van der Waals surface area contributed by atoms with Crippen molar-refractivity contribution in [1.29, 1.82) is 0 Å². The third-order valence-corrected chi connectivity index (χ3v) is 5.86. The lowest BCUT2D eigenvalue weighted by molar-refractivity contribution is -0.645. The zero-order valence-corrected chi connectivity index (χ0v) is 16.2. The summed E-state index contributed by atoms with van der Waals surface area (Å²) in [7, 11) is 0. The number of rotatable bonds is 6. The highest BCUT2D eigenvalue weighted by Crippen LogP contribution is 2.25. The van der Waals surface area contributed by atoms with Crippen molar-refractivity contribution in [3.8, 4) is 0 Å². The molecule has 134 valence electrons. The molecule has 2 heterocycles. The maximum absolute atomic E-state index is 12.1. The summed E-state index contributed by atoms with van der Waals surface area (Å²) in [4.78, 5) is 17.7. The smallest absolute Gasteiger partial charge is 0.251 e. The minimum absolute atomic E-state index is 0.165. The number of carbonyl (C=O) groups excluding carboxylic acids is 1. The number of hydrogen-bond acceptors (Lipinski definition) is 5. The average Bonchev–Trinajstić information content (AvgIpc) is 2.95. The molecule has 0 unspecified atom stereocenters. The number of anilines is 1. The summed E-state index contributed by atoms with van der Waals surface area (Å²) in [6, 6.07) is 13.5. The Morgan fingerprint density at radius 2 is 2.00 bits per heavy atom. The van der Waals surface area contributed by atoms with Crippen molar-refractivity contribution >= 4 is 34.1 Å². The summed E-state index contributed by atoms with van der Waals surface area (Å²) in [5.41, 5.74) is 3.39. The van der Waals surface area contributed by atoms with E-state index in [1.54, 1.807) is 18.2 Å². The van der Waals surface area contributed by atoms with Crippen molar-refractivity contribution in [3.05, 3.63) is 75.6 Å². The maximum atomic E-state index is 12.1. The molecule has 0 saturated heterocycles. The van der Waals surface area contributed by atoms with Gasteiger partial charge in [0.1, 0.15) is 0 Å². The molecule has 0 aliphatic heterocycles. The van der Waals surface area contributed by atoms with Crippen LogP contribution in [0.1, 0.15) is 21.7 Å². The number of aromatic nitrogens is 2. The molecule has 0 bridgehead atoms. The van der Waals surface area contributed by atoms with Crippen LogP contribution in [0.25, 0.3) is 0 Å². The van der Waals surface area contributed by atoms with E-state index in [0.717, 1.165) is 21.7 Å². The number of aryl methyl sites for hydroxylation is 2. The zero-order valence-electron chi connectivity index (χ0n) is 14.6. The molecule has 0 spiro atoms. The number of carbonyl (C=O) groups is 1. The van der Waals surface area contributed by atoms with Gasteiger partial charge in [-0.15, -0.1) is 11.3 Å². The van der Waals surface area contributed by atoms with Crippen LogP contribution in [0.15, 0.2) is 53.7 Å². The van der Waals surface area contributed by atoms with E-state index < -0.39 is 0 Å². The Kier molecular flexibility index (Phi) is 5.90. The second-order valence-corrected chi connectivity index (χ2v) is 7.97. The van der Waals surface area contributed by atoms with E-state index in [-0.39, 0.29) is 11.7 Å². The van der Waals surface area contributed by atoms with Crippen LogP contribution in [0.4, 0.5) is 5.13 Å². The van der Waals surface area contributed by atoms with Gasteiger partial charge in [0.15, 0.2) is 11.3 Å². The molecule has 7 heteroatoms. The molecule has 0 radical (unpaired) electrons. The Hall–Kier alpha value is -2.38. The molecular formula is C19H19N3O2S2. The minimum atomic E-state index is -0.172. The van der Waals surface area contributed by atoms with Crippen LogP contribution in [0.5, 0.6) is 0 Å². The van der Waals surface area contributed by atoms with Gasteiger partial charge < -0.3 is 10.5 Å². The van der Waals surface area contributed by atoms with Gasteiger partial charge in [-0.3, -0.25) is 4.79 Å². The Bertz CT molecular complexity index is 907. The first-order valence-electron chi connectivity index (χ1n) is 8.14. The molecule has 1 amide bonds. The van der Waals surface area contributed by atoms with Crippen molar-refractivity contribution in [2.24, 2.45) is 0 Å². The fraction of sp³-hybridized carbons (Fsp3) is 0.211. The van der Waals surface area contributed by atoms with Gasteiger partial charge in [-0.1, -0.05) is 29.8 Å². The molecule has 1 aromatic carbocycles. The molecular weight excluding hydrogens is 366 g/mol. The quantitative estimate of drug-likeness (QED) is 0.399. The van der Waals surface area contributed by atoms with Crippen LogP contribution in [0, 0.1) is 19.1 Å². The summed E-state index contributed by atoms with van der Waals surface area (Å²) >= 11 is 2.70. The lowest BCUT2D eigenvalue weighted by Gasteiger charge is -2.03. The van der Waals surface area contributed by atoms with Crippen LogP contribution in [0.2, 0.25) is 0 Å². The molecule has 1 N–H and O–H groups in total. The lowest BCUT2D eigenvalue weighted by atomic mass is 10.1. The second kappa shape index (κ2) is 8.33. The van der Waals surface area contributed by atoms with Crippen LogP contribution >= 0.6 is 23.1 Å². The van der Waals surface area contributed by atoms with E-state index in [1.165, 1.54) is 40.4 Å². The summed E-state index contributed by atoms with van der Waals surface area (Å²) < 4.78 is 0.755. The Morgan fingerprint density at radius 3 is 2.73 bits per heavy atom. The molecule has 5 nitrogen and oxygen atoms in total. The molecule has 3 aromatic rings. The van der Waals surface area contributed by atoms with E-state index in [1.807, 2.05) is 6.92 Å². The third kappa shape index (κ3) is 4.83. The SMILES string of the molecule is Cc1ccc(Cc2sc(NC(=O)CSc3cccc[n+]3[O-])nc2C)cc1. The van der Waals surface area contributed by atoms with Gasteiger partial charge in [-0.2, -0.15) is 4.73 Å². The fourth-order valence-electron chi connectivity index (χ4n) is 2.36. The van der Waals surface area contributed by atoms with Crippen LogP contribution in [-0.4, -0.2) is 16.6 Å². The highest BCUT2D eigenvalue weighted by atomic mass is 32.2. The Labute approximate surface area is 160 Å². The number of thioether (sulfide) groups is 1. The predicted octanol–water partition coefficient (Wildman–Crippen LogP) is 3.71. The Balaban J connectivity index is 1.59. The summed E-state index contributed by atoms with van der Waals surface area (Å²) in [5, 5.41) is 15.5. The lowest BCUT2D eigenvalue weighted by Crippen LogP contribution is -2.28. The number of hydrogen-bond donors (Lipinski definition) is 1. The molecule has 3 rings (SSSR count). The summed E-state index contributed by atoms with van der Waals surface area (Å²) in [5.74, 6) is -0.00691. The van der Waals surface area contributed by atoms with E-state index in [9.17, 15) is 10.0 Å². The van der Waals surface area contributed by atoms with Crippen LogP contribution < -0.4 is 10.0 Å². The number of thiazole rings is 1. The molecule has 0 aliphatic carbocycles. The van der Waals surface area contributed by atoms with Gasteiger partial charge in [-0.25, -0.2) is 4.98 Å². The standard InChI is InChI=1S/C19H19N3O2S2/c1-13-6-8-15(9-7-13)11-16-14(2)20-19(26-16)21-17(23)12-25-18-5-3-4-10-22(18)24/h3-10H,11-12H2,1-2H3,(H,20,21,23). The molecule has 26 heavy (non-hydrogen) atoms. The molecule has 0 aliphatic rings. The average molecular weight is 386 g/mol. The van der Waals surface area contributed by atoms with E-state index in [4.69, 9.17) is 0 Å². The molecule has 0 saturated carbocycles. The number of benzene rings is 1. The summed E-state index contributed by atoms with van der Waals surface area (Å²) in [6.07, 6.45) is 2.22. The number of amides is 1. The van der Waals surface area contributed by atoms with Gasteiger partial charge >= 0.3 is 0 Å². The van der Waals surface area contributed by atoms with E-state index in [0.29, 0.717) is 10.2 Å². The first-order valence-corrected chi connectivity index (χ1v) is 9.94. The van der Waals surface area contributed by atoms with Crippen LogP contribution in [-0.2, 0) is 11.2 Å². The fourth-order valence-corrected chi connectivity index (χ4v) is 4.08. The number of pyridine rings is 1. The minimum Gasteiger partial charge on any atom is -0.618 e. The Morgan fingerprint density at radius 1 is 1.23 bits per heavy atom. The van der Waals surface area contributed by atoms with E-state index >= 15 is 0 Å². The van der Waals surface area contributed by atoms with Crippen LogP contribution in [0.3, 0.4) is 0 Å². The zero-order chi connectivity index (χ0) is 18.5. The first-order chi connectivity index (χ1) is 12.5. The molecule has 0 fully saturated rings. The van der Waals surface area contributed by atoms with Gasteiger partial charge in [0.2, 0.25) is 5.91 Å². The number of nitrogens with one attached hydrogen (secondary N) is 1.